The summed E-state index contributed by atoms with van der Waals surface area (Å²) in [6.07, 6.45) is 15.0. The first kappa shape index (κ1) is 43.6. The lowest BCUT2D eigenvalue weighted by Crippen LogP contribution is -1.92. The van der Waals surface area contributed by atoms with Crippen LogP contribution in [0.5, 0.6) is 0 Å². The van der Waals surface area contributed by atoms with Crippen LogP contribution >= 0.6 is 0 Å². The quantitative estimate of drug-likeness (QED) is 0.130. The normalized spacial score (nSPS) is 11.1. The number of hydrogen-bond donors (Lipinski definition) is 0. The highest BCUT2D eigenvalue weighted by Crippen LogP contribution is 2.44. The van der Waals surface area contributed by atoms with Gasteiger partial charge in [0.25, 0.3) is 0 Å². The molecule has 8 aromatic carbocycles. The zero-order chi connectivity index (χ0) is 48.1. The smallest absolute Gasteiger partial charge is 0.0346 e. The average molecular weight is 919 g/mol. The summed E-state index contributed by atoms with van der Waals surface area (Å²) in [5.74, 6) is 0. The molecule has 0 N–H and O–H groups in total. The number of hydrogen-bond acceptors (Lipinski definition) is 4. The number of rotatable bonds is 11. The fourth-order valence-corrected chi connectivity index (χ4v) is 9.82. The van der Waals surface area contributed by atoms with E-state index in [1.165, 1.54) is 0 Å². The van der Waals surface area contributed by atoms with E-state index in [4.69, 9.17) is 0 Å². The van der Waals surface area contributed by atoms with Crippen molar-refractivity contribution in [2.24, 2.45) is 0 Å². The van der Waals surface area contributed by atoms with E-state index in [0.717, 1.165) is 122 Å². The number of nitrogens with zero attached hydrogens (tertiary/aromatic N) is 4. The van der Waals surface area contributed by atoms with Gasteiger partial charge in [-0.2, -0.15) is 0 Å². The van der Waals surface area contributed by atoms with Crippen LogP contribution in [0.3, 0.4) is 0 Å². The zero-order valence-corrected chi connectivity index (χ0v) is 39.3. The second-order valence-corrected chi connectivity index (χ2v) is 18.0. The minimum Gasteiger partial charge on any atom is -0.264 e. The molecule has 4 aromatic heterocycles. The summed E-state index contributed by atoms with van der Waals surface area (Å²) in [5.41, 5.74) is 24.7. The SMILES string of the molecule is c1cncc(-c2cccc(-c3cc(-c4cccc(-c5cccnc5)c4)cc(-c4ccccc4-c4ccccc4-c4cc(-c5cccc(-c6cccnc6)c5)cc(-c5cccc(-c6cccnc6)c5)c4)c3)c2)c1. The van der Waals surface area contributed by atoms with E-state index < -0.39 is 0 Å². The lowest BCUT2D eigenvalue weighted by Gasteiger charge is -2.18. The Morgan fingerprint density at radius 2 is 0.361 bits per heavy atom. The monoisotopic (exact) mass is 918 g/mol. The van der Waals surface area contributed by atoms with E-state index in [1.807, 2.05) is 73.8 Å². The molecule has 0 aliphatic carbocycles. The maximum absolute atomic E-state index is 4.43. The highest BCUT2D eigenvalue weighted by atomic mass is 14.6. The third-order valence-corrected chi connectivity index (χ3v) is 13.4. The summed E-state index contributed by atoms with van der Waals surface area (Å²) in [6, 6.07) is 83.3. The van der Waals surface area contributed by atoms with Crippen LogP contribution in [-0.2, 0) is 0 Å². The van der Waals surface area contributed by atoms with Crippen LogP contribution in [0.25, 0.3) is 122 Å². The summed E-state index contributed by atoms with van der Waals surface area (Å²) in [5, 5.41) is 0. The largest absolute Gasteiger partial charge is 0.264 e. The molecule has 0 bridgehead atoms. The number of benzene rings is 8. The molecule has 0 aliphatic heterocycles. The molecule has 4 heterocycles. The first-order chi connectivity index (χ1) is 35.7. The summed E-state index contributed by atoms with van der Waals surface area (Å²) < 4.78 is 0. The lowest BCUT2D eigenvalue weighted by atomic mass is 9.85. The molecule has 0 amide bonds. The summed E-state index contributed by atoms with van der Waals surface area (Å²) >= 11 is 0. The third-order valence-electron chi connectivity index (χ3n) is 13.4. The molecule has 0 aliphatic rings. The van der Waals surface area contributed by atoms with Crippen molar-refractivity contribution in [3.8, 4) is 122 Å². The predicted molar refractivity (Wildman–Crippen MR) is 297 cm³/mol. The molecule has 0 unspecified atom stereocenters. The van der Waals surface area contributed by atoms with Crippen LogP contribution in [0.4, 0.5) is 0 Å². The Labute approximate surface area is 420 Å². The van der Waals surface area contributed by atoms with Gasteiger partial charge < -0.3 is 0 Å². The van der Waals surface area contributed by atoms with Crippen LogP contribution in [0.15, 0.2) is 280 Å². The summed E-state index contributed by atoms with van der Waals surface area (Å²) in [6.45, 7) is 0. The first-order valence-corrected chi connectivity index (χ1v) is 24.2. The number of pyridine rings is 4. The van der Waals surface area contributed by atoms with E-state index in [9.17, 15) is 0 Å². The van der Waals surface area contributed by atoms with Crippen molar-refractivity contribution in [2.45, 2.75) is 0 Å². The molecule has 4 nitrogen and oxygen atoms in total. The fraction of sp³-hybridized carbons (Fsp3) is 0. The van der Waals surface area contributed by atoms with Gasteiger partial charge in [-0.05, 0) is 185 Å². The van der Waals surface area contributed by atoms with Crippen LogP contribution in [0.1, 0.15) is 0 Å². The summed E-state index contributed by atoms with van der Waals surface area (Å²) in [7, 11) is 0. The minimum absolute atomic E-state index is 1.08. The lowest BCUT2D eigenvalue weighted by molar-refractivity contribution is 1.33. The van der Waals surface area contributed by atoms with Gasteiger partial charge in [-0.3, -0.25) is 19.9 Å². The van der Waals surface area contributed by atoms with Gasteiger partial charge in [-0.1, -0.05) is 146 Å². The second kappa shape index (κ2) is 19.8. The van der Waals surface area contributed by atoms with Crippen molar-refractivity contribution in [1.82, 2.24) is 19.9 Å². The van der Waals surface area contributed by atoms with Gasteiger partial charge in [-0.25, -0.2) is 0 Å². The van der Waals surface area contributed by atoms with E-state index in [0.29, 0.717) is 0 Å². The predicted octanol–water partition coefficient (Wildman–Crippen LogP) is 17.6. The van der Waals surface area contributed by atoms with Gasteiger partial charge in [0.1, 0.15) is 0 Å². The Morgan fingerprint density at radius 1 is 0.153 bits per heavy atom. The minimum atomic E-state index is 1.08. The standard InChI is InChI=1S/C68H46N4/c1-3-27-67(65(25-1)63-39-59(51-17-5-13-47(33-51)55-21-9-29-69-43-55)37-60(40-63)52-18-6-14-48(34-52)56-22-10-30-70-44-56)68-28-4-2-26-66(68)64-41-61(53-19-7-15-49(35-53)57-23-11-31-71-45-57)38-62(42-64)54-20-8-16-50(36-54)58-24-12-32-72-46-58/h1-46H. The van der Waals surface area contributed by atoms with E-state index in [1.54, 1.807) is 0 Å². The highest BCUT2D eigenvalue weighted by Gasteiger charge is 2.18. The maximum atomic E-state index is 4.43. The Kier molecular flexibility index (Phi) is 12.0. The molecule has 0 saturated heterocycles. The molecule has 0 atom stereocenters. The molecule has 0 radical (unpaired) electrons. The Balaban J connectivity index is 1.03. The molecule has 72 heavy (non-hydrogen) atoms. The van der Waals surface area contributed by atoms with Gasteiger partial charge >= 0.3 is 0 Å². The topological polar surface area (TPSA) is 51.6 Å². The van der Waals surface area contributed by atoms with Gasteiger partial charge in [0.05, 0.1) is 0 Å². The Morgan fingerprint density at radius 3 is 0.611 bits per heavy atom. The van der Waals surface area contributed by atoms with E-state index >= 15 is 0 Å². The third kappa shape index (κ3) is 9.16. The molecular weight excluding hydrogens is 873 g/mol. The van der Waals surface area contributed by atoms with Crippen molar-refractivity contribution < 1.29 is 0 Å². The number of aromatic nitrogens is 4. The van der Waals surface area contributed by atoms with Crippen molar-refractivity contribution in [3.63, 3.8) is 0 Å². The highest BCUT2D eigenvalue weighted by molar-refractivity contribution is 5.96. The van der Waals surface area contributed by atoms with Crippen LogP contribution in [-0.4, -0.2) is 19.9 Å². The molecule has 0 spiro atoms. The van der Waals surface area contributed by atoms with Crippen molar-refractivity contribution in [2.75, 3.05) is 0 Å². The first-order valence-electron chi connectivity index (χ1n) is 24.2. The van der Waals surface area contributed by atoms with E-state index in [-0.39, 0.29) is 0 Å². The fourth-order valence-electron chi connectivity index (χ4n) is 9.82. The van der Waals surface area contributed by atoms with Gasteiger partial charge in [0.2, 0.25) is 0 Å². The van der Waals surface area contributed by atoms with E-state index in [2.05, 4.69) is 226 Å². The van der Waals surface area contributed by atoms with Crippen LogP contribution in [0, 0.1) is 0 Å². The van der Waals surface area contributed by atoms with Crippen molar-refractivity contribution in [3.05, 3.63) is 280 Å². The van der Waals surface area contributed by atoms with Crippen LogP contribution in [0.2, 0.25) is 0 Å². The molecule has 0 saturated carbocycles. The Hall–Kier alpha value is -9.64. The Bertz CT molecular complexity index is 3390. The molecular formula is C68H46N4. The van der Waals surface area contributed by atoms with Crippen LogP contribution < -0.4 is 0 Å². The van der Waals surface area contributed by atoms with Gasteiger partial charge in [0.15, 0.2) is 0 Å². The second-order valence-electron chi connectivity index (χ2n) is 18.0. The maximum Gasteiger partial charge on any atom is 0.0346 e. The molecule has 12 rings (SSSR count). The van der Waals surface area contributed by atoms with Crippen molar-refractivity contribution in [1.29, 1.82) is 0 Å². The molecule has 338 valence electrons. The van der Waals surface area contributed by atoms with Gasteiger partial charge in [0, 0.05) is 71.8 Å². The molecule has 4 heteroatoms. The average Bonchev–Trinajstić information content (AvgIpc) is 3.48. The molecule has 12 aromatic rings. The van der Waals surface area contributed by atoms with Gasteiger partial charge in [-0.15, -0.1) is 0 Å². The van der Waals surface area contributed by atoms with Crippen molar-refractivity contribution >= 4 is 0 Å². The molecule has 0 fully saturated rings. The zero-order valence-electron chi connectivity index (χ0n) is 39.3. The summed E-state index contributed by atoms with van der Waals surface area (Å²) in [4.78, 5) is 17.7.